The van der Waals surface area contributed by atoms with Gasteiger partial charge in [0.15, 0.2) is 0 Å². The molecule has 3 aromatic rings. The molecule has 1 unspecified atom stereocenters. The quantitative estimate of drug-likeness (QED) is 0.497. The number of aliphatic hydroxyl groups is 1. The zero-order valence-electron chi connectivity index (χ0n) is 11.9. The van der Waals surface area contributed by atoms with Gasteiger partial charge < -0.3 is 10.8 Å². The largest absolute Gasteiger partial charge is 0.399 e. The number of nitrogens with zero attached hydrogens (tertiary/aromatic N) is 4. The van der Waals surface area contributed by atoms with Crippen molar-refractivity contribution in [2.24, 2.45) is 0 Å². The zero-order chi connectivity index (χ0) is 15.4. The fourth-order valence-corrected chi connectivity index (χ4v) is 2.21. The number of anilines is 1. The Morgan fingerprint density at radius 3 is 2.73 bits per heavy atom. The van der Waals surface area contributed by atoms with Crippen molar-refractivity contribution in [2.45, 2.75) is 25.4 Å². The molecule has 0 aliphatic heterocycles. The third-order valence-electron chi connectivity index (χ3n) is 3.39. The molecule has 22 heavy (non-hydrogen) atoms. The molecule has 0 spiro atoms. The molecule has 0 aliphatic rings. The van der Waals surface area contributed by atoms with Crippen LogP contribution in [0.15, 0.2) is 30.3 Å². The first-order valence-electron chi connectivity index (χ1n) is 6.99. The first kappa shape index (κ1) is 14.2. The summed E-state index contributed by atoms with van der Waals surface area (Å²) in [4.78, 5) is 0. The highest BCUT2D eigenvalue weighted by molar-refractivity contribution is 5.40. The van der Waals surface area contributed by atoms with E-state index in [2.05, 4.69) is 30.8 Å². The topological polar surface area (TPSA) is 129 Å². The van der Waals surface area contributed by atoms with E-state index in [1.807, 2.05) is 30.3 Å². The molecule has 0 amide bonds. The van der Waals surface area contributed by atoms with Gasteiger partial charge in [-0.2, -0.15) is 10.3 Å². The molecule has 0 bridgehead atoms. The Hall–Kier alpha value is -2.74. The van der Waals surface area contributed by atoms with Crippen molar-refractivity contribution in [2.75, 3.05) is 5.73 Å². The number of hydrogen-bond donors (Lipinski definition) is 4. The van der Waals surface area contributed by atoms with Crippen LogP contribution in [-0.4, -0.2) is 35.9 Å². The van der Waals surface area contributed by atoms with Crippen LogP contribution in [-0.2, 0) is 12.8 Å². The number of aromatic amines is 2. The Morgan fingerprint density at radius 2 is 2.00 bits per heavy atom. The zero-order valence-corrected chi connectivity index (χ0v) is 11.9. The summed E-state index contributed by atoms with van der Waals surface area (Å²) >= 11 is 0. The Kier molecular flexibility index (Phi) is 4.10. The number of tetrazole rings is 1. The minimum absolute atomic E-state index is 0.303. The lowest BCUT2D eigenvalue weighted by atomic mass is 10.1. The van der Waals surface area contributed by atoms with Crippen LogP contribution in [0, 0.1) is 0 Å². The Morgan fingerprint density at radius 1 is 1.18 bits per heavy atom. The number of H-pyrrole nitrogens is 2. The van der Waals surface area contributed by atoms with Crippen LogP contribution in [0.1, 0.15) is 35.3 Å². The third-order valence-corrected chi connectivity index (χ3v) is 3.39. The lowest BCUT2D eigenvalue weighted by Gasteiger charge is -2.03. The van der Waals surface area contributed by atoms with Gasteiger partial charge >= 0.3 is 0 Å². The molecule has 1 atom stereocenters. The number of nitrogens with one attached hydrogen (secondary N) is 2. The molecule has 5 N–H and O–H groups in total. The number of hydrogen-bond acceptors (Lipinski definition) is 6. The van der Waals surface area contributed by atoms with Gasteiger partial charge in [-0.05, 0) is 36.6 Å². The van der Waals surface area contributed by atoms with E-state index in [-0.39, 0.29) is 0 Å². The molecule has 8 heteroatoms. The van der Waals surface area contributed by atoms with E-state index in [1.54, 1.807) is 0 Å². The number of benzene rings is 1. The van der Waals surface area contributed by atoms with Gasteiger partial charge in [-0.25, -0.2) is 0 Å². The van der Waals surface area contributed by atoms with E-state index in [4.69, 9.17) is 5.73 Å². The lowest BCUT2D eigenvalue weighted by Crippen LogP contribution is -2.02. The van der Waals surface area contributed by atoms with Crippen LogP contribution in [0.5, 0.6) is 0 Å². The second-order valence-electron chi connectivity index (χ2n) is 5.13. The predicted octanol–water partition coefficient (Wildman–Crippen LogP) is 0.762. The monoisotopic (exact) mass is 299 g/mol. The number of nitrogen functional groups attached to an aromatic ring is 1. The Bertz CT molecular complexity index is 705. The van der Waals surface area contributed by atoms with Crippen LogP contribution in [0.2, 0.25) is 0 Å². The standard InChI is InChI=1S/C14H17N7O/c15-10-3-1-9(2-4-10)7-12-8-11(16-17-12)5-6-13(22)14-18-20-21-19-14/h1-4,8,13,22H,5-7,15H2,(H,16,17)(H,18,19,20,21). The summed E-state index contributed by atoms with van der Waals surface area (Å²) < 4.78 is 0. The van der Waals surface area contributed by atoms with Crippen molar-refractivity contribution in [3.05, 3.63) is 53.1 Å². The predicted molar refractivity (Wildman–Crippen MR) is 79.7 cm³/mol. The van der Waals surface area contributed by atoms with Gasteiger partial charge in [0.1, 0.15) is 6.10 Å². The summed E-state index contributed by atoms with van der Waals surface area (Å²) in [5.41, 5.74) is 9.51. The summed E-state index contributed by atoms with van der Waals surface area (Å²) in [6.07, 6.45) is 1.15. The fraction of sp³-hybridized carbons (Fsp3) is 0.286. The number of aryl methyl sites for hydroxylation is 1. The summed E-state index contributed by atoms with van der Waals surface area (Å²) in [5, 5.41) is 30.5. The number of aromatic nitrogens is 6. The van der Waals surface area contributed by atoms with Gasteiger partial charge in [-0.3, -0.25) is 5.10 Å². The second kappa shape index (κ2) is 6.35. The van der Waals surface area contributed by atoms with Crippen molar-refractivity contribution >= 4 is 5.69 Å². The van der Waals surface area contributed by atoms with Crippen molar-refractivity contribution in [1.29, 1.82) is 0 Å². The smallest absolute Gasteiger partial charge is 0.202 e. The van der Waals surface area contributed by atoms with Gasteiger partial charge in [-0.15, -0.1) is 10.2 Å². The molecule has 8 nitrogen and oxygen atoms in total. The van der Waals surface area contributed by atoms with Crippen molar-refractivity contribution in [1.82, 2.24) is 30.8 Å². The molecular formula is C14H17N7O. The molecule has 114 valence electrons. The summed E-state index contributed by atoms with van der Waals surface area (Å²) in [7, 11) is 0. The normalized spacial score (nSPS) is 12.4. The molecule has 3 rings (SSSR count). The molecule has 0 saturated carbocycles. The minimum atomic E-state index is -0.740. The maximum absolute atomic E-state index is 9.90. The molecule has 0 radical (unpaired) electrons. The summed E-state index contributed by atoms with van der Waals surface area (Å²) in [6.45, 7) is 0. The van der Waals surface area contributed by atoms with Gasteiger partial charge in [0.05, 0.1) is 5.69 Å². The molecule has 0 fully saturated rings. The number of rotatable bonds is 6. The molecule has 2 heterocycles. The van der Waals surface area contributed by atoms with Crippen LogP contribution in [0.3, 0.4) is 0 Å². The highest BCUT2D eigenvalue weighted by Crippen LogP contribution is 2.15. The van der Waals surface area contributed by atoms with Gasteiger partial charge in [0, 0.05) is 17.8 Å². The molecule has 0 saturated heterocycles. The van der Waals surface area contributed by atoms with Crippen LogP contribution in [0.25, 0.3) is 0 Å². The van der Waals surface area contributed by atoms with E-state index in [1.165, 1.54) is 0 Å². The molecular weight excluding hydrogens is 282 g/mol. The van der Waals surface area contributed by atoms with E-state index < -0.39 is 6.10 Å². The average molecular weight is 299 g/mol. The fourth-order valence-electron chi connectivity index (χ4n) is 2.21. The maximum Gasteiger partial charge on any atom is 0.202 e. The highest BCUT2D eigenvalue weighted by atomic mass is 16.3. The first-order chi connectivity index (χ1) is 10.7. The Labute approximate surface area is 126 Å². The average Bonchev–Trinajstić information content (AvgIpc) is 3.19. The van der Waals surface area contributed by atoms with E-state index in [9.17, 15) is 5.11 Å². The SMILES string of the molecule is Nc1ccc(Cc2cc(CCC(O)c3nn[nH]n3)n[nH]2)cc1. The van der Waals surface area contributed by atoms with Gasteiger partial charge in [-0.1, -0.05) is 17.3 Å². The van der Waals surface area contributed by atoms with Crippen LogP contribution in [0.4, 0.5) is 5.69 Å². The van der Waals surface area contributed by atoms with E-state index in [0.29, 0.717) is 18.7 Å². The number of nitrogens with two attached hydrogens (primary N) is 1. The first-order valence-corrected chi connectivity index (χ1v) is 6.99. The van der Waals surface area contributed by atoms with Gasteiger partial charge in [0.25, 0.3) is 0 Å². The van der Waals surface area contributed by atoms with Crippen molar-refractivity contribution in [3.8, 4) is 0 Å². The summed E-state index contributed by atoms with van der Waals surface area (Å²) in [6, 6.07) is 9.76. The maximum atomic E-state index is 9.90. The summed E-state index contributed by atoms with van der Waals surface area (Å²) in [5.74, 6) is 0.303. The third kappa shape index (κ3) is 3.47. The van der Waals surface area contributed by atoms with E-state index >= 15 is 0 Å². The minimum Gasteiger partial charge on any atom is -0.399 e. The second-order valence-corrected chi connectivity index (χ2v) is 5.13. The molecule has 1 aromatic carbocycles. The highest BCUT2D eigenvalue weighted by Gasteiger charge is 2.13. The van der Waals surface area contributed by atoms with Gasteiger partial charge in [0.2, 0.25) is 5.82 Å². The van der Waals surface area contributed by atoms with E-state index in [0.717, 1.165) is 29.1 Å². The lowest BCUT2D eigenvalue weighted by molar-refractivity contribution is 0.157. The van der Waals surface area contributed by atoms with Crippen molar-refractivity contribution in [3.63, 3.8) is 0 Å². The van der Waals surface area contributed by atoms with Crippen LogP contribution >= 0.6 is 0 Å². The van der Waals surface area contributed by atoms with Crippen molar-refractivity contribution < 1.29 is 5.11 Å². The van der Waals surface area contributed by atoms with Crippen LogP contribution < -0.4 is 5.73 Å². The molecule has 2 aromatic heterocycles. The molecule has 0 aliphatic carbocycles. The number of aliphatic hydroxyl groups excluding tert-OH is 1. The Balaban J connectivity index is 1.56.